The molecular formula is C28H29ClFN5O4S. The SMILES string of the molecule is O=C(NC1CCCCC1)C(c1ccccc1Cl)N(C(=O)[C@@H]1CCS(=O)(=O)N1c1ncccn1)c1cccc(F)c1. The van der Waals surface area contributed by atoms with Gasteiger partial charge in [0.2, 0.25) is 21.9 Å². The van der Waals surface area contributed by atoms with Gasteiger partial charge < -0.3 is 5.32 Å². The molecule has 12 heteroatoms. The van der Waals surface area contributed by atoms with Gasteiger partial charge in [0.1, 0.15) is 17.9 Å². The van der Waals surface area contributed by atoms with E-state index < -0.39 is 39.7 Å². The van der Waals surface area contributed by atoms with Crippen molar-refractivity contribution in [1.82, 2.24) is 15.3 Å². The lowest BCUT2D eigenvalue weighted by molar-refractivity contribution is -0.127. The lowest BCUT2D eigenvalue weighted by atomic mass is 9.94. The lowest BCUT2D eigenvalue weighted by Crippen LogP contribution is -2.53. The summed E-state index contributed by atoms with van der Waals surface area (Å²) in [5.74, 6) is -2.30. The van der Waals surface area contributed by atoms with E-state index in [9.17, 15) is 22.4 Å². The first kappa shape index (κ1) is 28.0. The van der Waals surface area contributed by atoms with Gasteiger partial charge in [-0.25, -0.2) is 27.1 Å². The Bertz CT molecular complexity index is 1490. The van der Waals surface area contributed by atoms with Crippen LogP contribution in [0.3, 0.4) is 0 Å². The number of nitrogens with one attached hydrogen (secondary N) is 1. The fourth-order valence-corrected chi connectivity index (χ4v) is 7.26. The number of aromatic nitrogens is 2. The van der Waals surface area contributed by atoms with E-state index in [0.717, 1.165) is 47.4 Å². The minimum absolute atomic E-state index is 0.0648. The number of hydrogen-bond acceptors (Lipinski definition) is 6. The van der Waals surface area contributed by atoms with Gasteiger partial charge in [-0.05, 0) is 49.6 Å². The summed E-state index contributed by atoms with van der Waals surface area (Å²) in [6, 6.07) is 10.8. The maximum absolute atomic E-state index is 14.6. The van der Waals surface area contributed by atoms with E-state index in [2.05, 4.69) is 15.3 Å². The summed E-state index contributed by atoms with van der Waals surface area (Å²) in [5, 5.41) is 3.31. The van der Waals surface area contributed by atoms with Crippen molar-refractivity contribution < 1.29 is 22.4 Å². The van der Waals surface area contributed by atoms with E-state index in [0.29, 0.717) is 5.56 Å². The Balaban J connectivity index is 1.63. The Morgan fingerprint density at radius 3 is 2.42 bits per heavy atom. The van der Waals surface area contributed by atoms with Crippen molar-refractivity contribution in [3.05, 3.63) is 83.4 Å². The molecule has 0 radical (unpaired) electrons. The number of sulfonamides is 1. The molecular weight excluding hydrogens is 557 g/mol. The monoisotopic (exact) mass is 585 g/mol. The maximum Gasteiger partial charge on any atom is 0.252 e. The summed E-state index contributed by atoms with van der Waals surface area (Å²) in [6.07, 6.45) is 7.33. The van der Waals surface area contributed by atoms with Crippen LogP contribution in [0.15, 0.2) is 67.0 Å². The van der Waals surface area contributed by atoms with Crippen molar-refractivity contribution in [2.24, 2.45) is 0 Å². The van der Waals surface area contributed by atoms with Gasteiger partial charge in [0.05, 0.1) is 5.75 Å². The van der Waals surface area contributed by atoms with E-state index in [4.69, 9.17) is 11.6 Å². The highest BCUT2D eigenvalue weighted by Gasteiger charge is 2.47. The van der Waals surface area contributed by atoms with Gasteiger partial charge in [0.15, 0.2) is 0 Å². The van der Waals surface area contributed by atoms with Crippen LogP contribution in [0.2, 0.25) is 5.02 Å². The van der Waals surface area contributed by atoms with Crippen LogP contribution in [0.1, 0.15) is 50.1 Å². The average Bonchev–Trinajstić information content (AvgIpc) is 3.27. The molecule has 1 N–H and O–H groups in total. The van der Waals surface area contributed by atoms with Crippen molar-refractivity contribution in [2.45, 2.75) is 56.7 Å². The topological polar surface area (TPSA) is 113 Å². The molecule has 2 amide bonds. The zero-order chi connectivity index (χ0) is 28.3. The molecule has 2 fully saturated rings. The first-order valence-electron chi connectivity index (χ1n) is 13.2. The molecule has 2 aliphatic rings. The van der Waals surface area contributed by atoms with Gasteiger partial charge in [-0.1, -0.05) is 55.1 Å². The fourth-order valence-electron chi connectivity index (χ4n) is 5.37. The molecule has 3 aromatic rings. The van der Waals surface area contributed by atoms with Crippen LogP contribution in [0.25, 0.3) is 0 Å². The minimum Gasteiger partial charge on any atom is -0.351 e. The molecule has 1 aliphatic carbocycles. The number of rotatable bonds is 7. The molecule has 5 rings (SSSR count). The summed E-state index contributed by atoms with van der Waals surface area (Å²) in [4.78, 5) is 37.8. The molecule has 2 heterocycles. The summed E-state index contributed by atoms with van der Waals surface area (Å²) in [5.41, 5.74) is 0.422. The summed E-state index contributed by atoms with van der Waals surface area (Å²) < 4.78 is 41.6. The second-order valence-electron chi connectivity index (χ2n) is 9.92. The number of anilines is 2. The van der Waals surface area contributed by atoms with Gasteiger partial charge >= 0.3 is 0 Å². The molecule has 1 aliphatic heterocycles. The third-order valence-corrected chi connectivity index (χ3v) is 9.36. The Kier molecular flexibility index (Phi) is 8.32. The van der Waals surface area contributed by atoms with Crippen LogP contribution < -0.4 is 14.5 Å². The van der Waals surface area contributed by atoms with Crippen molar-refractivity contribution in [3.63, 3.8) is 0 Å². The number of halogens is 2. The van der Waals surface area contributed by atoms with Gasteiger partial charge in [-0.2, -0.15) is 0 Å². The van der Waals surface area contributed by atoms with Crippen molar-refractivity contribution in [2.75, 3.05) is 15.0 Å². The van der Waals surface area contributed by atoms with Crippen LogP contribution in [0.4, 0.5) is 16.0 Å². The summed E-state index contributed by atoms with van der Waals surface area (Å²) in [7, 11) is -3.94. The first-order chi connectivity index (χ1) is 19.3. The van der Waals surface area contributed by atoms with Crippen LogP contribution in [0, 0.1) is 5.82 Å². The number of nitrogens with zero attached hydrogens (tertiary/aromatic N) is 4. The van der Waals surface area contributed by atoms with Crippen LogP contribution in [-0.4, -0.2) is 48.0 Å². The Labute approximate surface area is 237 Å². The zero-order valence-electron chi connectivity index (χ0n) is 21.6. The highest BCUT2D eigenvalue weighted by atomic mass is 35.5. The van der Waals surface area contributed by atoms with Crippen molar-refractivity contribution in [1.29, 1.82) is 0 Å². The average molecular weight is 586 g/mol. The lowest BCUT2D eigenvalue weighted by Gasteiger charge is -2.36. The Morgan fingerprint density at radius 2 is 1.73 bits per heavy atom. The molecule has 1 saturated heterocycles. The Hall–Kier alpha value is -3.57. The molecule has 210 valence electrons. The molecule has 1 saturated carbocycles. The smallest absolute Gasteiger partial charge is 0.252 e. The number of carbonyl (C=O) groups excluding carboxylic acids is 2. The van der Waals surface area contributed by atoms with Gasteiger partial charge in [-0.15, -0.1) is 0 Å². The van der Waals surface area contributed by atoms with Crippen LogP contribution in [-0.2, 0) is 19.6 Å². The maximum atomic E-state index is 14.6. The van der Waals surface area contributed by atoms with Gasteiger partial charge in [-0.3, -0.25) is 14.5 Å². The molecule has 2 aromatic carbocycles. The van der Waals surface area contributed by atoms with Crippen molar-refractivity contribution >= 4 is 45.1 Å². The fraction of sp³-hybridized carbons (Fsp3) is 0.357. The Morgan fingerprint density at radius 1 is 1.00 bits per heavy atom. The molecule has 0 spiro atoms. The van der Waals surface area contributed by atoms with E-state index in [1.165, 1.54) is 36.7 Å². The second kappa shape index (κ2) is 11.9. The van der Waals surface area contributed by atoms with Gasteiger partial charge in [0, 0.05) is 34.7 Å². The standard InChI is InChI=1S/C28H29ClFN5O4S/c29-23-13-5-4-12-22(23)25(26(36)33-20-9-2-1-3-10-20)34(21-11-6-8-19(30)18-21)27(37)24-14-17-40(38,39)35(24)28-31-15-7-16-32-28/h4-8,11-13,15-16,18,20,24-25H,1-3,9-10,14,17H2,(H,33,36)/t24-,25?/m0/s1. The zero-order valence-corrected chi connectivity index (χ0v) is 23.2. The van der Waals surface area contributed by atoms with Crippen LogP contribution in [0.5, 0.6) is 0 Å². The first-order valence-corrected chi connectivity index (χ1v) is 15.2. The van der Waals surface area contributed by atoms with E-state index in [-0.39, 0.29) is 34.9 Å². The second-order valence-corrected chi connectivity index (χ2v) is 12.3. The predicted octanol–water partition coefficient (Wildman–Crippen LogP) is 4.40. The molecule has 0 bridgehead atoms. The number of hydrogen-bond donors (Lipinski definition) is 1. The number of benzene rings is 2. The highest BCUT2D eigenvalue weighted by Crippen LogP contribution is 2.36. The molecule has 1 unspecified atom stereocenters. The molecule has 2 atom stereocenters. The van der Waals surface area contributed by atoms with E-state index in [1.807, 2.05) is 0 Å². The molecule has 1 aromatic heterocycles. The quantitative estimate of drug-likeness (QED) is 0.440. The minimum atomic E-state index is -3.94. The third kappa shape index (κ3) is 5.80. The molecule has 9 nitrogen and oxygen atoms in total. The normalized spacial score (nSPS) is 19.6. The highest BCUT2D eigenvalue weighted by molar-refractivity contribution is 7.93. The predicted molar refractivity (Wildman–Crippen MR) is 150 cm³/mol. The third-order valence-electron chi connectivity index (χ3n) is 7.25. The summed E-state index contributed by atoms with van der Waals surface area (Å²) >= 11 is 6.58. The van der Waals surface area contributed by atoms with Crippen LogP contribution >= 0.6 is 11.6 Å². The van der Waals surface area contributed by atoms with Gasteiger partial charge in [0.25, 0.3) is 5.91 Å². The summed E-state index contributed by atoms with van der Waals surface area (Å²) in [6.45, 7) is 0. The number of amides is 2. The van der Waals surface area contributed by atoms with E-state index in [1.54, 1.807) is 24.3 Å². The van der Waals surface area contributed by atoms with Crippen molar-refractivity contribution in [3.8, 4) is 0 Å². The number of carbonyl (C=O) groups is 2. The molecule has 40 heavy (non-hydrogen) atoms. The van der Waals surface area contributed by atoms with E-state index >= 15 is 0 Å². The largest absolute Gasteiger partial charge is 0.351 e.